The van der Waals surface area contributed by atoms with Crippen molar-refractivity contribution in [3.63, 3.8) is 0 Å². The van der Waals surface area contributed by atoms with Crippen LogP contribution in [0.4, 0.5) is 15.8 Å². The molecule has 0 unspecified atom stereocenters. The summed E-state index contributed by atoms with van der Waals surface area (Å²) in [7, 11) is 1.35. The van der Waals surface area contributed by atoms with Crippen molar-refractivity contribution in [3.05, 3.63) is 78.2 Å². The van der Waals surface area contributed by atoms with Crippen LogP contribution in [0.15, 0.2) is 66.7 Å². The third-order valence-corrected chi connectivity index (χ3v) is 3.47. The molecule has 3 rings (SSSR count). The van der Waals surface area contributed by atoms with E-state index in [4.69, 9.17) is 4.74 Å². The van der Waals surface area contributed by atoms with Crippen molar-refractivity contribution in [1.82, 2.24) is 4.98 Å². The molecule has 0 aliphatic heterocycles. The Bertz CT molecular complexity index is 863. The van der Waals surface area contributed by atoms with Gasteiger partial charge in [-0.3, -0.25) is 0 Å². The maximum Gasteiger partial charge on any atom is 0.337 e. The van der Waals surface area contributed by atoms with Gasteiger partial charge in [-0.25, -0.2) is 9.78 Å². The second kappa shape index (κ2) is 6.91. The quantitative estimate of drug-likeness (QED) is 0.571. The van der Waals surface area contributed by atoms with Crippen LogP contribution in [-0.4, -0.2) is 18.1 Å². The summed E-state index contributed by atoms with van der Waals surface area (Å²) in [6, 6.07) is 19.2. The summed E-state index contributed by atoms with van der Waals surface area (Å²) >= 11 is 0. The summed E-state index contributed by atoms with van der Waals surface area (Å²) in [5.41, 5.74) is 3.49. The molecule has 2 aromatic carbocycles. The third-order valence-electron chi connectivity index (χ3n) is 3.47. The summed E-state index contributed by atoms with van der Waals surface area (Å²) in [6.07, 6.45) is 0. The van der Waals surface area contributed by atoms with E-state index in [0.717, 1.165) is 16.9 Å². The van der Waals surface area contributed by atoms with E-state index in [2.05, 4.69) is 10.3 Å². The molecule has 4 nitrogen and oxygen atoms in total. The molecule has 0 aliphatic rings. The lowest BCUT2D eigenvalue weighted by atomic mass is 10.1. The number of halogens is 1. The maximum absolute atomic E-state index is 13.2. The van der Waals surface area contributed by atoms with Gasteiger partial charge in [-0.05, 0) is 42.5 Å². The fourth-order valence-electron chi connectivity index (χ4n) is 2.30. The van der Waals surface area contributed by atoms with E-state index in [1.165, 1.54) is 13.2 Å². The normalized spacial score (nSPS) is 10.2. The van der Waals surface area contributed by atoms with Crippen LogP contribution < -0.4 is 5.32 Å². The first kappa shape index (κ1) is 15.7. The number of nitrogens with one attached hydrogen (secondary N) is 1. The fraction of sp³-hybridized carbons (Fsp3) is 0.0526. The Morgan fingerprint density at radius 2 is 1.75 bits per heavy atom. The molecule has 24 heavy (non-hydrogen) atoms. The van der Waals surface area contributed by atoms with Gasteiger partial charge in [-0.1, -0.05) is 24.3 Å². The number of ether oxygens (including phenoxy) is 1. The molecule has 120 valence electrons. The first-order valence-electron chi connectivity index (χ1n) is 7.34. The highest BCUT2D eigenvalue weighted by Gasteiger charge is 2.06. The Balaban J connectivity index is 1.78. The van der Waals surface area contributed by atoms with Gasteiger partial charge < -0.3 is 10.1 Å². The highest BCUT2D eigenvalue weighted by atomic mass is 19.1. The number of carbonyl (C=O) groups is 1. The molecule has 0 bridgehead atoms. The molecule has 0 aliphatic carbocycles. The number of pyridine rings is 1. The van der Waals surface area contributed by atoms with Crippen molar-refractivity contribution in [2.24, 2.45) is 0 Å². The number of methoxy groups -OCH3 is 1. The number of benzene rings is 2. The van der Waals surface area contributed by atoms with Crippen molar-refractivity contribution in [3.8, 4) is 11.3 Å². The zero-order valence-electron chi connectivity index (χ0n) is 13.0. The smallest absolute Gasteiger partial charge is 0.337 e. The largest absolute Gasteiger partial charge is 0.465 e. The lowest BCUT2D eigenvalue weighted by Gasteiger charge is -2.09. The van der Waals surface area contributed by atoms with Gasteiger partial charge in [0.1, 0.15) is 0 Å². The third kappa shape index (κ3) is 3.57. The monoisotopic (exact) mass is 322 g/mol. The highest BCUT2D eigenvalue weighted by molar-refractivity contribution is 5.90. The Kier molecular flexibility index (Phi) is 4.52. The standard InChI is InChI=1S/C19H15FN2O2/c1-24-19(23)14-4-2-5-16(12-14)21-15-10-8-13(9-11-15)17-6-3-7-18(20)22-17/h2-12,21H,1H3. The van der Waals surface area contributed by atoms with Crippen LogP contribution in [0.3, 0.4) is 0 Å². The molecule has 0 saturated heterocycles. The van der Waals surface area contributed by atoms with Crippen LogP contribution in [0.25, 0.3) is 11.3 Å². The minimum absolute atomic E-state index is 0.383. The molecule has 0 spiro atoms. The topological polar surface area (TPSA) is 51.2 Å². The van der Waals surface area contributed by atoms with Gasteiger partial charge in [-0.15, -0.1) is 0 Å². The summed E-state index contributed by atoms with van der Waals surface area (Å²) in [6.45, 7) is 0. The first-order chi connectivity index (χ1) is 11.7. The average Bonchev–Trinajstić information content (AvgIpc) is 2.62. The van der Waals surface area contributed by atoms with Crippen LogP contribution in [0.2, 0.25) is 0 Å². The van der Waals surface area contributed by atoms with Gasteiger partial charge in [0.15, 0.2) is 0 Å². The fourth-order valence-corrected chi connectivity index (χ4v) is 2.30. The molecule has 0 atom stereocenters. The molecule has 0 fully saturated rings. The number of aromatic nitrogens is 1. The van der Waals surface area contributed by atoms with Crippen LogP contribution in [0.5, 0.6) is 0 Å². The molecule has 0 saturated carbocycles. The summed E-state index contributed by atoms with van der Waals surface area (Å²) < 4.78 is 17.9. The number of anilines is 2. The minimum Gasteiger partial charge on any atom is -0.465 e. The molecule has 0 radical (unpaired) electrons. The molecular weight excluding hydrogens is 307 g/mol. The lowest BCUT2D eigenvalue weighted by molar-refractivity contribution is 0.0601. The number of nitrogens with zero attached hydrogens (tertiary/aromatic N) is 1. The van der Waals surface area contributed by atoms with Crippen molar-refractivity contribution in [2.45, 2.75) is 0 Å². The van der Waals surface area contributed by atoms with E-state index in [0.29, 0.717) is 11.3 Å². The number of esters is 1. The average molecular weight is 322 g/mol. The van der Waals surface area contributed by atoms with E-state index >= 15 is 0 Å². The van der Waals surface area contributed by atoms with Crippen molar-refractivity contribution < 1.29 is 13.9 Å². The number of hydrogen-bond donors (Lipinski definition) is 1. The Hall–Kier alpha value is -3.21. The molecule has 1 N–H and O–H groups in total. The second-order valence-electron chi connectivity index (χ2n) is 5.12. The lowest BCUT2D eigenvalue weighted by Crippen LogP contribution is -2.01. The van der Waals surface area contributed by atoms with Crippen LogP contribution in [-0.2, 0) is 4.74 Å². The van der Waals surface area contributed by atoms with Gasteiger partial charge in [0, 0.05) is 16.9 Å². The number of hydrogen-bond acceptors (Lipinski definition) is 4. The maximum atomic E-state index is 13.2. The Labute approximate surface area is 138 Å². The van der Waals surface area contributed by atoms with E-state index < -0.39 is 5.95 Å². The number of carbonyl (C=O) groups excluding carboxylic acids is 1. The van der Waals surface area contributed by atoms with E-state index in [-0.39, 0.29) is 5.97 Å². The van der Waals surface area contributed by atoms with Crippen molar-refractivity contribution in [1.29, 1.82) is 0 Å². The van der Waals surface area contributed by atoms with E-state index in [9.17, 15) is 9.18 Å². The minimum atomic E-state index is -0.505. The van der Waals surface area contributed by atoms with Gasteiger partial charge in [0.25, 0.3) is 0 Å². The van der Waals surface area contributed by atoms with Gasteiger partial charge in [0.05, 0.1) is 18.4 Å². The predicted molar refractivity (Wildman–Crippen MR) is 90.7 cm³/mol. The van der Waals surface area contributed by atoms with E-state index in [1.807, 2.05) is 30.3 Å². The van der Waals surface area contributed by atoms with Gasteiger partial charge in [0.2, 0.25) is 5.95 Å². The molecular formula is C19H15FN2O2. The summed E-state index contributed by atoms with van der Waals surface area (Å²) in [4.78, 5) is 15.4. The zero-order valence-corrected chi connectivity index (χ0v) is 13.0. The summed E-state index contributed by atoms with van der Waals surface area (Å²) in [5.74, 6) is -0.888. The second-order valence-corrected chi connectivity index (χ2v) is 5.12. The molecule has 5 heteroatoms. The molecule has 0 amide bonds. The Morgan fingerprint density at radius 3 is 2.46 bits per heavy atom. The van der Waals surface area contributed by atoms with Crippen LogP contribution >= 0.6 is 0 Å². The number of rotatable bonds is 4. The highest BCUT2D eigenvalue weighted by Crippen LogP contribution is 2.22. The van der Waals surface area contributed by atoms with Crippen molar-refractivity contribution >= 4 is 17.3 Å². The molecule has 3 aromatic rings. The summed E-state index contributed by atoms with van der Waals surface area (Å²) in [5, 5.41) is 3.21. The van der Waals surface area contributed by atoms with Crippen LogP contribution in [0, 0.1) is 5.95 Å². The zero-order chi connectivity index (χ0) is 16.9. The first-order valence-corrected chi connectivity index (χ1v) is 7.34. The predicted octanol–water partition coefficient (Wildman–Crippen LogP) is 4.42. The Morgan fingerprint density at radius 1 is 1.00 bits per heavy atom. The van der Waals surface area contributed by atoms with Crippen molar-refractivity contribution in [2.75, 3.05) is 12.4 Å². The SMILES string of the molecule is COC(=O)c1cccc(Nc2ccc(-c3cccc(F)n3)cc2)c1. The molecule has 1 aromatic heterocycles. The van der Waals surface area contributed by atoms with E-state index in [1.54, 1.807) is 30.3 Å². The van der Waals surface area contributed by atoms with Gasteiger partial charge in [-0.2, -0.15) is 4.39 Å². The van der Waals surface area contributed by atoms with Crippen LogP contribution in [0.1, 0.15) is 10.4 Å². The van der Waals surface area contributed by atoms with Gasteiger partial charge >= 0.3 is 5.97 Å². The molecule has 1 heterocycles.